The molecule has 0 saturated heterocycles. The number of fused-ring (bicyclic) bond motifs is 1. The number of hydrogen-bond acceptors (Lipinski definition) is 3. The Hall–Kier alpha value is -2.66. The fraction of sp³-hybridized carbons (Fsp3) is 0.222. The van der Waals surface area contributed by atoms with E-state index in [0.717, 1.165) is 23.1 Å². The number of amides is 1. The topological polar surface area (TPSA) is 56.1 Å². The van der Waals surface area contributed by atoms with E-state index >= 15 is 0 Å². The van der Waals surface area contributed by atoms with Crippen molar-refractivity contribution in [3.05, 3.63) is 60.4 Å². The SMILES string of the molecule is COCCCNC(=O)c1ccc2c(c1)ncn2-c1ccccc1. The third-order valence-corrected chi connectivity index (χ3v) is 3.65. The normalized spacial score (nSPS) is 10.8. The van der Waals surface area contributed by atoms with Crippen LogP contribution in [0.3, 0.4) is 0 Å². The van der Waals surface area contributed by atoms with Gasteiger partial charge in [-0.25, -0.2) is 4.98 Å². The first-order chi connectivity index (χ1) is 11.3. The summed E-state index contributed by atoms with van der Waals surface area (Å²) in [5.41, 5.74) is 3.45. The number of imidazole rings is 1. The largest absolute Gasteiger partial charge is 0.385 e. The monoisotopic (exact) mass is 309 g/mol. The summed E-state index contributed by atoms with van der Waals surface area (Å²) in [6.07, 6.45) is 2.58. The van der Waals surface area contributed by atoms with Gasteiger partial charge in [0.1, 0.15) is 6.33 Å². The predicted octanol–water partition coefficient (Wildman–Crippen LogP) is 2.79. The van der Waals surface area contributed by atoms with E-state index in [2.05, 4.69) is 10.3 Å². The zero-order valence-corrected chi connectivity index (χ0v) is 13.0. The number of nitrogens with zero attached hydrogens (tertiary/aromatic N) is 2. The zero-order chi connectivity index (χ0) is 16.1. The van der Waals surface area contributed by atoms with Crippen molar-refractivity contribution in [1.29, 1.82) is 0 Å². The molecule has 0 aliphatic heterocycles. The van der Waals surface area contributed by atoms with Gasteiger partial charge in [-0.1, -0.05) is 18.2 Å². The number of para-hydroxylation sites is 1. The number of hydrogen-bond donors (Lipinski definition) is 1. The van der Waals surface area contributed by atoms with Gasteiger partial charge < -0.3 is 10.1 Å². The second-order valence-corrected chi connectivity index (χ2v) is 5.26. The number of methoxy groups -OCH3 is 1. The molecule has 1 aromatic heterocycles. The van der Waals surface area contributed by atoms with Crippen LogP contribution in [0.1, 0.15) is 16.8 Å². The third-order valence-electron chi connectivity index (χ3n) is 3.65. The number of nitrogens with one attached hydrogen (secondary N) is 1. The molecular weight excluding hydrogens is 290 g/mol. The molecule has 0 spiro atoms. The van der Waals surface area contributed by atoms with Crippen molar-refractivity contribution in [1.82, 2.24) is 14.9 Å². The molecule has 3 aromatic rings. The van der Waals surface area contributed by atoms with Gasteiger partial charge in [0.25, 0.3) is 5.91 Å². The molecule has 0 unspecified atom stereocenters. The molecule has 2 aromatic carbocycles. The van der Waals surface area contributed by atoms with E-state index in [1.54, 1.807) is 13.4 Å². The lowest BCUT2D eigenvalue weighted by molar-refractivity contribution is 0.0948. The molecule has 1 heterocycles. The van der Waals surface area contributed by atoms with E-state index < -0.39 is 0 Å². The summed E-state index contributed by atoms with van der Waals surface area (Å²) in [5, 5.41) is 2.88. The molecule has 0 fully saturated rings. The summed E-state index contributed by atoms with van der Waals surface area (Å²) in [6, 6.07) is 15.6. The summed E-state index contributed by atoms with van der Waals surface area (Å²) < 4.78 is 6.98. The number of carbonyl (C=O) groups excluding carboxylic acids is 1. The molecule has 0 aliphatic carbocycles. The first kappa shape index (κ1) is 15.2. The van der Waals surface area contributed by atoms with Crippen molar-refractivity contribution in [3.8, 4) is 5.69 Å². The molecule has 0 atom stereocenters. The van der Waals surface area contributed by atoms with Gasteiger partial charge in [-0.2, -0.15) is 0 Å². The number of rotatable bonds is 6. The van der Waals surface area contributed by atoms with Crippen molar-refractivity contribution in [2.24, 2.45) is 0 Å². The molecule has 0 radical (unpaired) electrons. The van der Waals surface area contributed by atoms with E-state index in [0.29, 0.717) is 18.7 Å². The molecule has 5 nitrogen and oxygen atoms in total. The molecule has 5 heteroatoms. The van der Waals surface area contributed by atoms with Crippen LogP contribution in [0.2, 0.25) is 0 Å². The van der Waals surface area contributed by atoms with Crippen LogP contribution in [0.25, 0.3) is 16.7 Å². The Morgan fingerprint density at radius 1 is 1.22 bits per heavy atom. The van der Waals surface area contributed by atoms with Crippen LogP contribution in [-0.2, 0) is 4.74 Å². The van der Waals surface area contributed by atoms with Gasteiger partial charge in [0.2, 0.25) is 0 Å². The van der Waals surface area contributed by atoms with Gasteiger partial charge >= 0.3 is 0 Å². The van der Waals surface area contributed by atoms with Crippen LogP contribution in [0.5, 0.6) is 0 Å². The van der Waals surface area contributed by atoms with Crippen LogP contribution >= 0.6 is 0 Å². The van der Waals surface area contributed by atoms with Crippen LogP contribution < -0.4 is 5.32 Å². The van der Waals surface area contributed by atoms with E-state index in [1.807, 2.05) is 53.1 Å². The Bertz CT molecular complexity index is 796. The highest BCUT2D eigenvalue weighted by Crippen LogP contribution is 2.19. The molecule has 118 valence electrons. The Kier molecular flexibility index (Phi) is 4.68. The summed E-state index contributed by atoms with van der Waals surface area (Å²) in [6.45, 7) is 1.24. The average molecular weight is 309 g/mol. The first-order valence-corrected chi connectivity index (χ1v) is 7.59. The molecular formula is C18H19N3O2. The first-order valence-electron chi connectivity index (χ1n) is 7.59. The van der Waals surface area contributed by atoms with Gasteiger partial charge in [0.05, 0.1) is 11.0 Å². The predicted molar refractivity (Wildman–Crippen MR) is 89.9 cm³/mol. The quantitative estimate of drug-likeness (QED) is 0.712. The van der Waals surface area contributed by atoms with Gasteiger partial charge in [-0.15, -0.1) is 0 Å². The maximum atomic E-state index is 12.1. The van der Waals surface area contributed by atoms with Crippen molar-refractivity contribution in [2.75, 3.05) is 20.3 Å². The Balaban J connectivity index is 1.80. The highest BCUT2D eigenvalue weighted by Gasteiger charge is 2.09. The summed E-state index contributed by atoms with van der Waals surface area (Å²) >= 11 is 0. The van der Waals surface area contributed by atoms with Gasteiger partial charge in [-0.3, -0.25) is 9.36 Å². The number of ether oxygens (including phenoxy) is 1. The van der Waals surface area contributed by atoms with E-state index in [1.165, 1.54) is 0 Å². The van der Waals surface area contributed by atoms with Crippen molar-refractivity contribution >= 4 is 16.9 Å². The van der Waals surface area contributed by atoms with Gasteiger partial charge in [-0.05, 0) is 36.8 Å². The van der Waals surface area contributed by atoms with E-state index in [-0.39, 0.29) is 5.91 Å². The fourth-order valence-corrected chi connectivity index (χ4v) is 2.47. The minimum Gasteiger partial charge on any atom is -0.385 e. The highest BCUT2D eigenvalue weighted by atomic mass is 16.5. The zero-order valence-electron chi connectivity index (χ0n) is 13.0. The highest BCUT2D eigenvalue weighted by molar-refractivity contribution is 5.97. The van der Waals surface area contributed by atoms with Gasteiger partial charge in [0, 0.05) is 31.5 Å². The summed E-state index contributed by atoms with van der Waals surface area (Å²) in [4.78, 5) is 16.6. The fourth-order valence-electron chi connectivity index (χ4n) is 2.47. The smallest absolute Gasteiger partial charge is 0.251 e. The Morgan fingerprint density at radius 2 is 2.04 bits per heavy atom. The molecule has 0 bridgehead atoms. The van der Waals surface area contributed by atoms with Crippen LogP contribution in [-0.4, -0.2) is 35.7 Å². The van der Waals surface area contributed by atoms with Crippen molar-refractivity contribution in [3.63, 3.8) is 0 Å². The van der Waals surface area contributed by atoms with Gasteiger partial charge in [0.15, 0.2) is 0 Å². The standard InChI is InChI=1S/C18H19N3O2/c1-23-11-5-10-19-18(22)14-8-9-17-16(12-14)20-13-21(17)15-6-3-2-4-7-15/h2-4,6-9,12-13H,5,10-11H2,1H3,(H,19,22). The van der Waals surface area contributed by atoms with Crippen LogP contribution in [0, 0.1) is 0 Å². The third kappa shape index (κ3) is 3.40. The molecule has 0 aliphatic rings. The van der Waals surface area contributed by atoms with Crippen molar-refractivity contribution < 1.29 is 9.53 Å². The number of aromatic nitrogens is 2. The molecule has 23 heavy (non-hydrogen) atoms. The molecule has 1 N–H and O–H groups in total. The lowest BCUT2D eigenvalue weighted by atomic mass is 10.2. The number of benzene rings is 2. The maximum absolute atomic E-state index is 12.1. The Labute approximate surface area is 134 Å². The Morgan fingerprint density at radius 3 is 2.83 bits per heavy atom. The second-order valence-electron chi connectivity index (χ2n) is 5.26. The minimum absolute atomic E-state index is 0.0859. The molecule has 1 amide bonds. The lowest BCUT2D eigenvalue weighted by Crippen LogP contribution is -2.25. The van der Waals surface area contributed by atoms with Crippen LogP contribution in [0.15, 0.2) is 54.9 Å². The second kappa shape index (κ2) is 7.07. The van der Waals surface area contributed by atoms with E-state index in [9.17, 15) is 4.79 Å². The summed E-state index contributed by atoms with van der Waals surface area (Å²) in [5.74, 6) is -0.0859. The minimum atomic E-state index is -0.0859. The molecule has 3 rings (SSSR count). The average Bonchev–Trinajstić information content (AvgIpc) is 3.02. The van der Waals surface area contributed by atoms with Crippen molar-refractivity contribution in [2.45, 2.75) is 6.42 Å². The summed E-state index contributed by atoms with van der Waals surface area (Å²) in [7, 11) is 1.65. The molecule has 0 saturated carbocycles. The van der Waals surface area contributed by atoms with E-state index in [4.69, 9.17) is 4.74 Å². The number of carbonyl (C=O) groups is 1. The maximum Gasteiger partial charge on any atom is 0.251 e. The van der Waals surface area contributed by atoms with Crippen LogP contribution in [0.4, 0.5) is 0 Å². The lowest BCUT2D eigenvalue weighted by Gasteiger charge is -2.06.